The molecule has 0 radical (unpaired) electrons. The van der Waals surface area contributed by atoms with Gasteiger partial charge >= 0.3 is 0 Å². The van der Waals surface area contributed by atoms with Gasteiger partial charge in [-0.2, -0.15) is 4.99 Å². The summed E-state index contributed by atoms with van der Waals surface area (Å²) >= 11 is 1.26. The number of terminal acetylenes is 1. The summed E-state index contributed by atoms with van der Waals surface area (Å²) in [6.45, 7) is 4.33. The molecule has 1 heterocycles. The molecule has 25 heavy (non-hydrogen) atoms. The predicted molar refractivity (Wildman–Crippen MR) is 98.8 cm³/mol. The minimum absolute atomic E-state index is 0.222. The Hall–Kier alpha value is -2.71. The van der Waals surface area contributed by atoms with Gasteiger partial charge in [0.1, 0.15) is 5.82 Å². The number of aryl methyl sites for hydroxylation is 2. The summed E-state index contributed by atoms with van der Waals surface area (Å²) in [6, 6.07) is 10.4. The molecular formula is C20H17FN2OS. The van der Waals surface area contributed by atoms with Gasteiger partial charge in [-0.15, -0.1) is 6.42 Å². The third kappa shape index (κ3) is 3.70. The molecule has 3 nitrogen and oxygen atoms in total. The van der Waals surface area contributed by atoms with E-state index in [2.05, 4.69) is 10.9 Å². The van der Waals surface area contributed by atoms with E-state index in [1.807, 2.05) is 32.0 Å². The van der Waals surface area contributed by atoms with Crippen molar-refractivity contribution in [2.45, 2.75) is 26.8 Å². The Bertz CT molecular complexity index is 1070. The summed E-state index contributed by atoms with van der Waals surface area (Å²) in [5.41, 5.74) is 4.03. The SMILES string of the molecule is C#CCn1c(=NC(=O)Cc2ccc(C)c(C)c2)sc2cc(F)ccc21. The van der Waals surface area contributed by atoms with Crippen LogP contribution in [-0.2, 0) is 17.8 Å². The topological polar surface area (TPSA) is 34.4 Å². The van der Waals surface area contributed by atoms with Crippen LogP contribution < -0.4 is 4.80 Å². The fourth-order valence-corrected chi connectivity index (χ4v) is 3.68. The number of fused-ring (bicyclic) bond motifs is 1. The van der Waals surface area contributed by atoms with Crippen LogP contribution in [0.5, 0.6) is 0 Å². The lowest BCUT2D eigenvalue weighted by Crippen LogP contribution is -2.17. The second-order valence-corrected chi connectivity index (χ2v) is 6.90. The Balaban J connectivity index is 1.99. The second-order valence-electron chi connectivity index (χ2n) is 5.89. The summed E-state index contributed by atoms with van der Waals surface area (Å²) in [4.78, 5) is 17.1. The summed E-state index contributed by atoms with van der Waals surface area (Å²) < 4.78 is 15.9. The van der Waals surface area contributed by atoms with Crippen molar-refractivity contribution in [3.8, 4) is 12.3 Å². The van der Waals surface area contributed by atoms with E-state index in [1.54, 1.807) is 10.6 Å². The van der Waals surface area contributed by atoms with Gasteiger partial charge in [-0.1, -0.05) is 35.5 Å². The first-order valence-electron chi connectivity index (χ1n) is 7.84. The molecule has 0 atom stereocenters. The van der Waals surface area contributed by atoms with Crippen molar-refractivity contribution in [1.82, 2.24) is 4.57 Å². The van der Waals surface area contributed by atoms with Crippen LogP contribution in [0.3, 0.4) is 0 Å². The molecule has 0 aliphatic rings. The maximum atomic E-state index is 13.4. The van der Waals surface area contributed by atoms with Gasteiger partial charge in [0.05, 0.1) is 23.2 Å². The number of halogens is 1. The van der Waals surface area contributed by atoms with Crippen molar-refractivity contribution >= 4 is 27.5 Å². The molecule has 0 fully saturated rings. The smallest absolute Gasteiger partial charge is 0.252 e. The number of carbonyl (C=O) groups excluding carboxylic acids is 1. The molecule has 0 saturated carbocycles. The highest BCUT2D eigenvalue weighted by atomic mass is 32.1. The number of amides is 1. The first kappa shape index (κ1) is 17.1. The standard InChI is InChI=1S/C20H17FN2OS/c1-4-9-23-17-8-7-16(21)12-18(17)25-20(23)22-19(24)11-15-6-5-13(2)14(3)10-15/h1,5-8,10,12H,9,11H2,2-3H3. The van der Waals surface area contributed by atoms with Crippen molar-refractivity contribution in [2.24, 2.45) is 4.99 Å². The van der Waals surface area contributed by atoms with Gasteiger partial charge in [0, 0.05) is 0 Å². The number of nitrogens with zero attached hydrogens (tertiary/aromatic N) is 2. The predicted octanol–water partition coefficient (Wildman–Crippen LogP) is 3.76. The molecule has 5 heteroatoms. The first-order chi connectivity index (χ1) is 12.0. The average Bonchev–Trinajstić information content (AvgIpc) is 2.88. The third-order valence-corrected chi connectivity index (χ3v) is 5.08. The van der Waals surface area contributed by atoms with Crippen molar-refractivity contribution in [3.05, 3.63) is 63.7 Å². The van der Waals surface area contributed by atoms with Crippen LogP contribution in [0.25, 0.3) is 10.2 Å². The molecule has 126 valence electrons. The van der Waals surface area contributed by atoms with E-state index in [9.17, 15) is 9.18 Å². The zero-order chi connectivity index (χ0) is 18.0. The van der Waals surface area contributed by atoms with E-state index in [1.165, 1.54) is 29.0 Å². The van der Waals surface area contributed by atoms with Crippen LogP contribution >= 0.6 is 11.3 Å². The molecule has 0 bridgehead atoms. The van der Waals surface area contributed by atoms with Gasteiger partial charge in [-0.3, -0.25) is 4.79 Å². The largest absolute Gasteiger partial charge is 0.305 e. The lowest BCUT2D eigenvalue weighted by atomic mass is 10.0. The van der Waals surface area contributed by atoms with Gasteiger partial charge in [0.15, 0.2) is 4.80 Å². The van der Waals surface area contributed by atoms with Gasteiger partial charge in [-0.25, -0.2) is 4.39 Å². The Morgan fingerprint density at radius 2 is 2.04 bits per heavy atom. The maximum Gasteiger partial charge on any atom is 0.252 e. The Morgan fingerprint density at radius 3 is 2.76 bits per heavy atom. The zero-order valence-corrected chi connectivity index (χ0v) is 14.9. The molecule has 0 spiro atoms. The van der Waals surface area contributed by atoms with Crippen molar-refractivity contribution in [2.75, 3.05) is 0 Å². The molecule has 1 aromatic heterocycles. The van der Waals surface area contributed by atoms with Gasteiger partial charge in [0.25, 0.3) is 5.91 Å². The van der Waals surface area contributed by atoms with E-state index < -0.39 is 0 Å². The number of thiazole rings is 1. The molecular weight excluding hydrogens is 335 g/mol. The van der Waals surface area contributed by atoms with E-state index in [0.29, 0.717) is 9.50 Å². The number of aromatic nitrogens is 1. The van der Waals surface area contributed by atoms with Crippen LogP contribution in [0.4, 0.5) is 4.39 Å². The summed E-state index contributed by atoms with van der Waals surface area (Å²) in [5, 5.41) is 0. The Labute approximate surface area is 149 Å². The molecule has 0 saturated heterocycles. The van der Waals surface area contributed by atoms with Crippen LogP contribution in [0.1, 0.15) is 16.7 Å². The molecule has 3 aromatic rings. The minimum atomic E-state index is -0.324. The van der Waals surface area contributed by atoms with E-state index in [0.717, 1.165) is 16.6 Å². The Kier molecular flexibility index (Phi) is 4.82. The number of benzene rings is 2. The first-order valence-corrected chi connectivity index (χ1v) is 8.65. The monoisotopic (exact) mass is 352 g/mol. The lowest BCUT2D eigenvalue weighted by Gasteiger charge is -2.03. The Morgan fingerprint density at radius 1 is 1.24 bits per heavy atom. The molecule has 2 aromatic carbocycles. The molecule has 3 rings (SSSR count). The van der Waals surface area contributed by atoms with Crippen molar-refractivity contribution < 1.29 is 9.18 Å². The third-order valence-electron chi connectivity index (χ3n) is 4.04. The molecule has 0 aliphatic heterocycles. The second kappa shape index (κ2) is 7.04. The lowest BCUT2D eigenvalue weighted by molar-refractivity contribution is -0.117. The highest BCUT2D eigenvalue weighted by Crippen LogP contribution is 2.18. The summed E-state index contributed by atoms with van der Waals surface area (Å²) in [5.74, 6) is 1.99. The number of carbonyl (C=O) groups is 1. The van der Waals surface area contributed by atoms with Crippen LogP contribution in [-0.4, -0.2) is 10.5 Å². The number of rotatable bonds is 3. The fourth-order valence-electron chi connectivity index (χ4n) is 2.61. The quantitative estimate of drug-likeness (QED) is 0.661. The van der Waals surface area contributed by atoms with Gasteiger partial charge in [-0.05, 0) is 48.7 Å². The van der Waals surface area contributed by atoms with Gasteiger partial charge in [0.2, 0.25) is 0 Å². The highest BCUT2D eigenvalue weighted by Gasteiger charge is 2.09. The van der Waals surface area contributed by atoms with Gasteiger partial charge < -0.3 is 4.57 Å². The van der Waals surface area contributed by atoms with E-state index >= 15 is 0 Å². The summed E-state index contributed by atoms with van der Waals surface area (Å²) in [6.07, 6.45) is 5.65. The highest BCUT2D eigenvalue weighted by molar-refractivity contribution is 7.16. The van der Waals surface area contributed by atoms with Crippen LogP contribution in [0, 0.1) is 32.0 Å². The maximum absolute atomic E-state index is 13.4. The van der Waals surface area contributed by atoms with E-state index in [4.69, 9.17) is 6.42 Å². The number of hydrogen-bond acceptors (Lipinski definition) is 2. The molecule has 0 N–H and O–H groups in total. The fraction of sp³-hybridized carbons (Fsp3) is 0.200. The minimum Gasteiger partial charge on any atom is -0.305 e. The zero-order valence-electron chi connectivity index (χ0n) is 14.0. The van der Waals surface area contributed by atoms with Crippen LogP contribution in [0.2, 0.25) is 0 Å². The normalized spacial score (nSPS) is 11.7. The number of hydrogen-bond donors (Lipinski definition) is 0. The molecule has 0 aliphatic carbocycles. The van der Waals surface area contributed by atoms with Crippen LogP contribution in [0.15, 0.2) is 41.4 Å². The average molecular weight is 352 g/mol. The van der Waals surface area contributed by atoms with Crippen molar-refractivity contribution in [1.29, 1.82) is 0 Å². The molecule has 1 amide bonds. The van der Waals surface area contributed by atoms with Crippen molar-refractivity contribution in [3.63, 3.8) is 0 Å². The van der Waals surface area contributed by atoms with E-state index in [-0.39, 0.29) is 24.7 Å². The molecule has 0 unspecified atom stereocenters. The summed E-state index contributed by atoms with van der Waals surface area (Å²) in [7, 11) is 0.